The summed E-state index contributed by atoms with van der Waals surface area (Å²) in [7, 11) is -3.92. The molecule has 36 heavy (non-hydrogen) atoms. The number of benzene rings is 3. The summed E-state index contributed by atoms with van der Waals surface area (Å²) in [5.41, 5.74) is 0.0653. The standard InChI is InChI=1S/C23H16Br2F3N3O4S/c1-11-4-16(36(30,33)34)2-3-18(11)31-19(32)9-13-8-17(24)20(25)22(21(13)26)35-15-6-12(10-29)5-14(7-15)23(27)28/h2-8,23H,9H2,1H3,(H,31,32)(H2,30,33,34). The monoisotopic (exact) mass is 645 g/mol. The predicted octanol–water partition coefficient (Wildman–Crippen LogP) is 6.09. The van der Waals surface area contributed by atoms with Gasteiger partial charge in [-0.05, 0) is 86.8 Å². The molecule has 0 radical (unpaired) electrons. The van der Waals surface area contributed by atoms with Crippen LogP contribution in [0.25, 0.3) is 0 Å². The van der Waals surface area contributed by atoms with Crippen molar-refractivity contribution in [2.75, 3.05) is 5.32 Å². The summed E-state index contributed by atoms with van der Waals surface area (Å²) in [6.45, 7) is 1.57. The number of aryl methyl sites for hydroxylation is 1. The van der Waals surface area contributed by atoms with E-state index in [4.69, 9.17) is 15.1 Å². The van der Waals surface area contributed by atoms with Gasteiger partial charge in [0.15, 0.2) is 11.6 Å². The second-order valence-electron chi connectivity index (χ2n) is 7.53. The normalized spacial score (nSPS) is 11.3. The highest BCUT2D eigenvalue weighted by Gasteiger charge is 2.21. The SMILES string of the molecule is Cc1cc(S(N)(=O)=O)ccc1NC(=O)Cc1cc(Br)c(Br)c(Oc2cc(C#N)cc(C(F)F)c2)c1F. The van der Waals surface area contributed by atoms with Crippen molar-refractivity contribution in [2.24, 2.45) is 5.14 Å². The second kappa shape index (κ2) is 11.0. The molecule has 0 bridgehead atoms. The number of hydrogen-bond acceptors (Lipinski definition) is 5. The molecule has 3 aromatic rings. The van der Waals surface area contributed by atoms with Crippen molar-refractivity contribution < 1.29 is 31.1 Å². The third-order valence-corrected chi connectivity index (χ3v) is 7.73. The molecule has 0 unspecified atom stereocenters. The number of nitrogens with one attached hydrogen (secondary N) is 1. The minimum atomic E-state index is -3.92. The third kappa shape index (κ3) is 6.44. The number of sulfonamides is 1. The van der Waals surface area contributed by atoms with E-state index in [0.717, 1.165) is 12.1 Å². The predicted molar refractivity (Wildman–Crippen MR) is 133 cm³/mol. The Bertz CT molecular complexity index is 1510. The number of anilines is 1. The van der Waals surface area contributed by atoms with Crippen LogP contribution in [0.3, 0.4) is 0 Å². The lowest BCUT2D eigenvalue weighted by atomic mass is 10.1. The number of carbonyl (C=O) groups excluding carboxylic acids is 1. The highest BCUT2D eigenvalue weighted by molar-refractivity contribution is 9.13. The number of halogens is 5. The van der Waals surface area contributed by atoms with Crippen LogP contribution in [-0.4, -0.2) is 14.3 Å². The first kappa shape index (κ1) is 27.7. The van der Waals surface area contributed by atoms with Gasteiger partial charge in [0.05, 0.1) is 27.4 Å². The van der Waals surface area contributed by atoms with Crippen LogP contribution in [-0.2, 0) is 21.2 Å². The van der Waals surface area contributed by atoms with Gasteiger partial charge >= 0.3 is 0 Å². The van der Waals surface area contributed by atoms with Crippen molar-refractivity contribution in [2.45, 2.75) is 24.7 Å². The molecule has 0 aromatic heterocycles. The molecule has 188 valence electrons. The van der Waals surface area contributed by atoms with Crippen LogP contribution in [0.5, 0.6) is 11.5 Å². The van der Waals surface area contributed by atoms with Crippen LogP contribution >= 0.6 is 31.9 Å². The lowest BCUT2D eigenvalue weighted by Gasteiger charge is -2.15. The molecule has 0 heterocycles. The van der Waals surface area contributed by atoms with Gasteiger partial charge < -0.3 is 10.1 Å². The Balaban J connectivity index is 1.89. The molecule has 3 N–H and O–H groups in total. The average molecular weight is 647 g/mol. The molecule has 0 aliphatic heterocycles. The van der Waals surface area contributed by atoms with E-state index in [-0.39, 0.29) is 32.0 Å². The van der Waals surface area contributed by atoms with E-state index in [1.54, 1.807) is 13.0 Å². The number of primary sulfonamides is 1. The first-order chi connectivity index (χ1) is 16.8. The fourth-order valence-electron chi connectivity index (χ4n) is 3.16. The summed E-state index contributed by atoms with van der Waals surface area (Å²) in [5.74, 6) is -2.12. The maximum Gasteiger partial charge on any atom is 0.264 e. The van der Waals surface area contributed by atoms with Crippen LogP contribution < -0.4 is 15.2 Å². The van der Waals surface area contributed by atoms with Gasteiger partial charge in [-0.2, -0.15) is 5.26 Å². The van der Waals surface area contributed by atoms with Crippen LogP contribution in [0.2, 0.25) is 0 Å². The van der Waals surface area contributed by atoms with E-state index in [1.165, 1.54) is 30.3 Å². The van der Waals surface area contributed by atoms with Crippen LogP contribution in [0.15, 0.2) is 56.3 Å². The molecule has 1 amide bonds. The van der Waals surface area contributed by atoms with Gasteiger partial charge in [0.25, 0.3) is 6.43 Å². The highest BCUT2D eigenvalue weighted by atomic mass is 79.9. The molecule has 0 saturated heterocycles. The van der Waals surface area contributed by atoms with Gasteiger partial charge in [-0.1, -0.05) is 0 Å². The molecule has 7 nitrogen and oxygen atoms in total. The van der Waals surface area contributed by atoms with Gasteiger partial charge in [0.1, 0.15) is 5.75 Å². The molecular formula is C23H16Br2F3N3O4S. The van der Waals surface area contributed by atoms with Crippen molar-refractivity contribution >= 4 is 53.5 Å². The Morgan fingerprint density at radius 3 is 2.47 bits per heavy atom. The fraction of sp³-hybridized carbons (Fsp3) is 0.130. The number of nitrogens with two attached hydrogens (primary N) is 1. The fourth-order valence-corrected chi connectivity index (χ4v) is 4.58. The van der Waals surface area contributed by atoms with Crippen LogP contribution in [0.1, 0.15) is 28.7 Å². The number of rotatable bonds is 7. The van der Waals surface area contributed by atoms with E-state index in [0.29, 0.717) is 15.7 Å². The molecule has 0 aliphatic rings. The number of ether oxygens (including phenoxy) is 1. The number of carbonyl (C=O) groups is 1. The van der Waals surface area contributed by atoms with Crippen molar-refractivity contribution in [3.63, 3.8) is 0 Å². The first-order valence-corrected chi connectivity index (χ1v) is 13.0. The molecule has 0 saturated carbocycles. The van der Waals surface area contributed by atoms with Crippen molar-refractivity contribution in [1.29, 1.82) is 5.26 Å². The van der Waals surface area contributed by atoms with Crippen molar-refractivity contribution in [3.8, 4) is 17.6 Å². The zero-order valence-corrected chi connectivity index (χ0v) is 22.3. The molecule has 0 aliphatic carbocycles. The topological polar surface area (TPSA) is 122 Å². The van der Waals surface area contributed by atoms with E-state index in [9.17, 15) is 22.0 Å². The highest BCUT2D eigenvalue weighted by Crippen LogP contribution is 2.40. The van der Waals surface area contributed by atoms with Crippen molar-refractivity contribution in [3.05, 3.63) is 79.5 Å². The van der Waals surface area contributed by atoms with Crippen LogP contribution in [0.4, 0.5) is 18.9 Å². The molecule has 3 aromatic carbocycles. The van der Waals surface area contributed by atoms with E-state index < -0.39 is 40.2 Å². The van der Waals surface area contributed by atoms with Gasteiger partial charge in [-0.3, -0.25) is 4.79 Å². The number of amides is 1. The number of nitrogens with zero attached hydrogens (tertiary/aromatic N) is 1. The van der Waals surface area contributed by atoms with Gasteiger partial charge in [-0.15, -0.1) is 0 Å². The zero-order chi connectivity index (χ0) is 26.8. The van der Waals surface area contributed by atoms with Gasteiger partial charge in [0.2, 0.25) is 15.9 Å². The Kier molecular flexibility index (Phi) is 8.45. The maximum absolute atomic E-state index is 15.4. The minimum Gasteiger partial charge on any atom is -0.453 e. The van der Waals surface area contributed by atoms with Gasteiger partial charge in [-0.25, -0.2) is 26.7 Å². The first-order valence-electron chi connectivity index (χ1n) is 9.91. The van der Waals surface area contributed by atoms with E-state index >= 15 is 4.39 Å². The number of alkyl halides is 2. The number of hydrogen-bond donors (Lipinski definition) is 2. The Hall–Kier alpha value is -2.92. The third-order valence-electron chi connectivity index (χ3n) is 4.87. The minimum absolute atomic E-state index is 0.0816. The second-order valence-corrected chi connectivity index (χ2v) is 10.7. The molecule has 0 spiro atoms. The Morgan fingerprint density at radius 2 is 1.89 bits per heavy atom. The summed E-state index contributed by atoms with van der Waals surface area (Å²) in [5, 5.41) is 16.8. The van der Waals surface area contributed by atoms with E-state index in [1.807, 2.05) is 0 Å². The molecule has 13 heteroatoms. The Labute approximate surface area is 221 Å². The summed E-state index contributed by atoms with van der Waals surface area (Å²) in [4.78, 5) is 12.5. The lowest BCUT2D eigenvalue weighted by molar-refractivity contribution is -0.115. The summed E-state index contributed by atoms with van der Waals surface area (Å²) in [6.07, 6.45) is -3.32. The molecule has 0 atom stereocenters. The van der Waals surface area contributed by atoms with Crippen LogP contribution in [0, 0.1) is 24.1 Å². The summed E-state index contributed by atoms with van der Waals surface area (Å²) < 4.78 is 70.7. The smallest absolute Gasteiger partial charge is 0.264 e. The van der Waals surface area contributed by atoms with Crippen molar-refractivity contribution in [1.82, 2.24) is 0 Å². The summed E-state index contributed by atoms with van der Waals surface area (Å²) >= 11 is 6.41. The largest absolute Gasteiger partial charge is 0.453 e. The maximum atomic E-state index is 15.4. The number of nitriles is 1. The average Bonchev–Trinajstić information content (AvgIpc) is 2.80. The Morgan fingerprint density at radius 1 is 1.19 bits per heavy atom. The molecular weight excluding hydrogens is 631 g/mol. The molecule has 0 fully saturated rings. The quantitative estimate of drug-likeness (QED) is 0.301. The summed E-state index contributed by atoms with van der Waals surface area (Å²) in [6, 6.07) is 10.1. The lowest BCUT2D eigenvalue weighted by Crippen LogP contribution is -2.17. The van der Waals surface area contributed by atoms with E-state index in [2.05, 4.69) is 37.2 Å². The zero-order valence-electron chi connectivity index (χ0n) is 18.3. The van der Waals surface area contributed by atoms with Gasteiger partial charge in [0, 0.05) is 21.3 Å². The molecule has 3 rings (SSSR count).